The number of nitrogens with zero attached hydrogens (tertiary/aromatic N) is 2. The minimum absolute atomic E-state index is 0.171. The summed E-state index contributed by atoms with van der Waals surface area (Å²) in [6.45, 7) is 2.44. The Morgan fingerprint density at radius 2 is 1.77 bits per heavy atom. The minimum Gasteiger partial charge on any atom is -0.378 e. The Morgan fingerprint density at radius 1 is 1.04 bits per heavy atom. The number of aromatic nitrogens is 1. The zero-order valence-corrected chi connectivity index (χ0v) is 15.1. The SMILES string of the molecule is O=C(CCc1ccccn1)C1CC2COCC(C1)N2Cc1ccccc1. The fraction of sp³-hybridized carbons (Fsp3) is 0.455. The molecule has 0 saturated carbocycles. The molecule has 0 spiro atoms. The van der Waals surface area contributed by atoms with Crippen LogP contribution in [-0.2, 0) is 22.5 Å². The van der Waals surface area contributed by atoms with E-state index in [1.54, 1.807) is 6.20 Å². The molecule has 2 unspecified atom stereocenters. The number of benzene rings is 1. The summed E-state index contributed by atoms with van der Waals surface area (Å²) in [5, 5.41) is 0. The summed E-state index contributed by atoms with van der Waals surface area (Å²) in [6, 6.07) is 17.2. The van der Waals surface area contributed by atoms with E-state index in [1.807, 2.05) is 18.2 Å². The van der Waals surface area contributed by atoms with Gasteiger partial charge < -0.3 is 4.74 Å². The Labute approximate surface area is 155 Å². The van der Waals surface area contributed by atoms with Gasteiger partial charge in [0, 0.05) is 42.9 Å². The van der Waals surface area contributed by atoms with Crippen molar-refractivity contribution < 1.29 is 9.53 Å². The van der Waals surface area contributed by atoms with Gasteiger partial charge in [0.15, 0.2) is 0 Å². The normalized spacial score (nSPS) is 25.8. The number of hydrogen-bond acceptors (Lipinski definition) is 4. The van der Waals surface area contributed by atoms with Crippen LogP contribution in [0.5, 0.6) is 0 Å². The van der Waals surface area contributed by atoms with E-state index in [9.17, 15) is 4.79 Å². The molecule has 4 nitrogen and oxygen atoms in total. The topological polar surface area (TPSA) is 42.4 Å². The Balaban J connectivity index is 1.37. The summed E-state index contributed by atoms with van der Waals surface area (Å²) in [5.74, 6) is 0.566. The summed E-state index contributed by atoms with van der Waals surface area (Å²) < 4.78 is 5.80. The molecule has 0 radical (unpaired) electrons. The molecular formula is C22H26N2O2. The lowest BCUT2D eigenvalue weighted by Gasteiger charge is -2.48. The van der Waals surface area contributed by atoms with E-state index >= 15 is 0 Å². The average Bonchev–Trinajstić information content (AvgIpc) is 2.67. The molecule has 4 rings (SSSR count). The van der Waals surface area contributed by atoms with Gasteiger partial charge in [-0.1, -0.05) is 36.4 Å². The number of rotatable bonds is 6. The molecule has 2 aliphatic rings. The number of morpholine rings is 1. The van der Waals surface area contributed by atoms with E-state index in [0.717, 1.165) is 44.7 Å². The maximum Gasteiger partial charge on any atom is 0.136 e. The highest BCUT2D eigenvalue weighted by atomic mass is 16.5. The van der Waals surface area contributed by atoms with E-state index in [0.29, 0.717) is 24.3 Å². The van der Waals surface area contributed by atoms with E-state index in [-0.39, 0.29) is 5.92 Å². The molecule has 1 aromatic carbocycles. The van der Waals surface area contributed by atoms with Gasteiger partial charge >= 0.3 is 0 Å². The van der Waals surface area contributed by atoms with E-state index < -0.39 is 0 Å². The Bertz CT molecular complexity index is 705. The van der Waals surface area contributed by atoms with Crippen molar-refractivity contribution in [1.29, 1.82) is 0 Å². The van der Waals surface area contributed by atoms with Crippen LogP contribution >= 0.6 is 0 Å². The second-order valence-corrected chi connectivity index (χ2v) is 7.46. The molecule has 26 heavy (non-hydrogen) atoms. The van der Waals surface area contributed by atoms with Crippen LogP contribution in [0.25, 0.3) is 0 Å². The van der Waals surface area contributed by atoms with Crippen LogP contribution in [0, 0.1) is 5.92 Å². The second kappa shape index (κ2) is 8.11. The molecule has 2 fully saturated rings. The molecule has 2 bridgehead atoms. The highest BCUT2D eigenvalue weighted by Gasteiger charge is 2.40. The number of carbonyl (C=O) groups excluding carboxylic acids is 1. The Kier molecular flexibility index (Phi) is 5.42. The molecule has 0 N–H and O–H groups in total. The summed E-state index contributed by atoms with van der Waals surface area (Å²) in [5.41, 5.74) is 2.34. The second-order valence-electron chi connectivity index (χ2n) is 7.46. The monoisotopic (exact) mass is 350 g/mol. The summed E-state index contributed by atoms with van der Waals surface area (Å²) >= 11 is 0. The number of carbonyl (C=O) groups is 1. The van der Waals surface area contributed by atoms with Crippen molar-refractivity contribution in [2.45, 2.75) is 44.3 Å². The number of fused-ring (bicyclic) bond motifs is 2. The van der Waals surface area contributed by atoms with Crippen LogP contribution in [0.15, 0.2) is 54.7 Å². The first kappa shape index (κ1) is 17.4. The maximum atomic E-state index is 12.8. The number of ketones is 1. The van der Waals surface area contributed by atoms with Gasteiger partial charge in [0.1, 0.15) is 5.78 Å². The lowest BCUT2D eigenvalue weighted by molar-refractivity contribution is -0.133. The van der Waals surface area contributed by atoms with Gasteiger partial charge in [-0.25, -0.2) is 0 Å². The first-order valence-corrected chi connectivity index (χ1v) is 9.59. The van der Waals surface area contributed by atoms with Crippen molar-refractivity contribution in [2.75, 3.05) is 13.2 Å². The number of Topliss-reactive ketones (excluding diaryl/α,β-unsaturated/α-hetero) is 1. The van der Waals surface area contributed by atoms with Crippen molar-refractivity contribution in [3.05, 3.63) is 66.0 Å². The smallest absolute Gasteiger partial charge is 0.136 e. The van der Waals surface area contributed by atoms with Crippen molar-refractivity contribution in [3.8, 4) is 0 Å². The highest BCUT2D eigenvalue weighted by molar-refractivity contribution is 5.81. The number of pyridine rings is 1. The molecule has 1 aromatic heterocycles. The molecule has 2 atom stereocenters. The van der Waals surface area contributed by atoms with Crippen molar-refractivity contribution in [2.24, 2.45) is 5.92 Å². The zero-order valence-electron chi connectivity index (χ0n) is 15.1. The summed E-state index contributed by atoms with van der Waals surface area (Å²) in [7, 11) is 0. The van der Waals surface area contributed by atoms with Crippen LogP contribution in [0.2, 0.25) is 0 Å². The Hall–Kier alpha value is -2.04. The fourth-order valence-corrected chi connectivity index (χ4v) is 4.31. The third kappa shape index (κ3) is 4.02. The standard InChI is InChI=1S/C22H26N2O2/c25-22(10-9-19-8-4-5-11-23-19)18-12-20-15-26-16-21(13-18)24(20)14-17-6-2-1-3-7-17/h1-8,11,18,20-21H,9-10,12-16H2. The number of aryl methyl sites for hydroxylation is 1. The van der Waals surface area contributed by atoms with Crippen LogP contribution in [-0.4, -0.2) is 41.0 Å². The van der Waals surface area contributed by atoms with E-state index in [1.165, 1.54) is 5.56 Å². The molecule has 0 aliphatic carbocycles. The number of ether oxygens (including phenoxy) is 1. The third-order valence-corrected chi connectivity index (χ3v) is 5.69. The van der Waals surface area contributed by atoms with Crippen LogP contribution in [0.3, 0.4) is 0 Å². The van der Waals surface area contributed by atoms with Crippen molar-refractivity contribution in [1.82, 2.24) is 9.88 Å². The van der Waals surface area contributed by atoms with Crippen molar-refractivity contribution >= 4 is 5.78 Å². The molecule has 4 heteroatoms. The van der Waals surface area contributed by atoms with Gasteiger partial charge in [-0.2, -0.15) is 0 Å². The lowest BCUT2D eigenvalue weighted by Crippen LogP contribution is -2.57. The van der Waals surface area contributed by atoms with Crippen LogP contribution in [0.1, 0.15) is 30.5 Å². The van der Waals surface area contributed by atoms with Crippen molar-refractivity contribution in [3.63, 3.8) is 0 Å². The average molecular weight is 350 g/mol. The first-order valence-electron chi connectivity index (χ1n) is 9.59. The zero-order chi connectivity index (χ0) is 17.8. The Morgan fingerprint density at radius 3 is 2.46 bits per heavy atom. The molecule has 0 amide bonds. The van der Waals surface area contributed by atoms with Gasteiger partial charge in [0.2, 0.25) is 0 Å². The van der Waals surface area contributed by atoms with Gasteiger partial charge in [0.25, 0.3) is 0 Å². The van der Waals surface area contributed by atoms with Crippen LogP contribution in [0.4, 0.5) is 0 Å². The van der Waals surface area contributed by atoms with Gasteiger partial charge in [-0.15, -0.1) is 0 Å². The molecule has 2 saturated heterocycles. The van der Waals surface area contributed by atoms with E-state index in [2.05, 4.69) is 40.2 Å². The molecule has 136 valence electrons. The molecular weight excluding hydrogens is 324 g/mol. The number of hydrogen-bond donors (Lipinski definition) is 0. The van der Waals surface area contributed by atoms with E-state index in [4.69, 9.17) is 4.74 Å². The largest absolute Gasteiger partial charge is 0.378 e. The first-order chi connectivity index (χ1) is 12.8. The summed E-state index contributed by atoms with van der Waals surface area (Å²) in [6.07, 6.45) is 4.98. The molecule has 2 aromatic rings. The van der Waals surface area contributed by atoms with Gasteiger partial charge in [-0.05, 0) is 37.0 Å². The molecule has 3 heterocycles. The fourth-order valence-electron chi connectivity index (χ4n) is 4.31. The third-order valence-electron chi connectivity index (χ3n) is 5.69. The number of piperidine rings is 1. The predicted octanol–water partition coefficient (Wildman–Crippen LogP) is 3.26. The quantitative estimate of drug-likeness (QED) is 0.802. The highest BCUT2D eigenvalue weighted by Crippen LogP contribution is 2.34. The van der Waals surface area contributed by atoms with Gasteiger partial charge in [-0.3, -0.25) is 14.7 Å². The minimum atomic E-state index is 0.171. The maximum absolute atomic E-state index is 12.8. The predicted molar refractivity (Wildman–Crippen MR) is 101 cm³/mol. The van der Waals surface area contributed by atoms with Gasteiger partial charge in [0.05, 0.1) is 13.2 Å². The lowest BCUT2D eigenvalue weighted by atomic mass is 9.81. The molecule has 2 aliphatic heterocycles. The summed E-state index contributed by atoms with van der Waals surface area (Å²) in [4.78, 5) is 19.7. The van der Waals surface area contributed by atoms with Crippen LogP contribution < -0.4 is 0 Å².